The summed E-state index contributed by atoms with van der Waals surface area (Å²) in [5.74, 6) is 1.05. The Balaban J connectivity index is 1.67. The van der Waals surface area contributed by atoms with Gasteiger partial charge in [-0.15, -0.1) is 0 Å². The zero-order chi connectivity index (χ0) is 17.2. The molecule has 1 N–H and O–H groups in total. The Bertz CT molecular complexity index is 986. The monoisotopic (exact) mass is 348 g/mol. The Kier molecular flexibility index (Phi) is 3.96. The fraction of sp³-hybridized carbons (Fsp3) is 0. The Morgan fingerprint density at radius 3 is 2.44 bits per heavy atom. The van der Waals surface area contributed by atoms with Crippen molar-refractivity contribution in [2.75, 3.05) is 0 Å². The van der Waals surface area contributed by atoms with Gasteiger partial charge in [0.1, 0.15) is 17.2 Å². The molecular weight excluding hydrogens is 336 g/mol. The number of hydrazone groups is 1. The second kappa shape index (κ2) is 6.42. The van der Waals surface area contributed by atoms with Crippen LogP contribution in [0.1, 0.15) is 11.3 Å². The van der Waals surface area contributed by atoms with Crippen molar-refractivity contribution in [3.63, 3.8) is 0 Å². The lowest BCUT2D eigenvalue weighted by atomic mass is 10.0. The Hall–Kier alpha value is -3.11. The number of nitrogens with one attached hydrogen (secondary N) is 1. The van der Waals surface area contributed by atoms with E-state index in [-0.39, 0.29) is 5.91 Å². The summed E-state index contributed by atoms with van der Waals surface area (Å²) in [6, 6.07) is 20.6. The van der Waals surface area contributed by atoms with Crippen LogP contribution in [0, 0.1) is 0 Å². The maximum absolute atomic E-state index is 12.1. The van der Waals surface area contributed by atoms with E-state index in [1.54, 1.807) is 6.08 Å². The first-order valence-corrected chi connectivity index (χ1v) is 8.10. The maximum Gasteiger partial charge on any atom is 0.273 e. The van der Waals surface area contributed by atoms with Crippen LogP contribution in [0.2, 0.25) is 5.02 Å². The molecule has 1 amide bonds. The van der Waals surface area contributed by atoms with Gasteiger partial charge in [-0.2, -0.15) is 5.10 Å². The third-order valence-electron chi connectivity index (χ3n) is 3.86. The second-order valence-electron chi connectivity index (χ2n) is 5.53. The number of amides is 1. The minimum atomic E-state index is -0.247. The number of carbonyl (C=O) groups excluding carboxylic acids is 1. The fourth-order valence-electron chi connectivity index (χ4n) is 2.63. The number of hydrogen-bond donors (Lipinski definition) is 1. The van der Waals surface area contributed by atoms with Crippen LogP contribution in [0.4, 0.5) is 0 Å². The van der Waals surface area contributed by atoms with Gasteiger partial charge in [0.05, 0.1) is 5.57 Å². The number of halogens is 1. The molecule has 1 aromatic heterocycles. The molecule has 2 heterocycles. The van der Waals surface area contributed by atoms with Crippen LogP contribution in [0.5, 0.6) is 0 Å². The van der Waals surface area contributed by atoms with E-state index in [1.165, 1.54) is 0 Å². The number of benzene rings is 2. The van der Waals surface area contributed by atoms with Gasteiger partial charge < -0.3 is 4.42 Å². The predicted molar refractivity (Wildman–Crippen MR) is 98.3 cm³/mol. The Morgan fingerprint density at radius 1 is 0.920 bits per heavy atom. The van der Waals surface area contributed by atoms with E-state index in [0.29, 0.717) is 27.8 Å². The van der Waals surface area contributed by atoms with Gasteiger partial charge in [0.2, 0.25) is 0 Å². The third-order valence-corrected chi connectivity index (χ3v) is 4.11. The number of furan rings is 1. The van der Waals surface area contributed by atoms with E-state index in [1.807, 2.05) is 66.7 Å². The number of rotatable bonds is 3. The first-order valence-electron chi connectivity index (χ1n) is 7.72. The van der Waals surface area contributed by atoms with Gasteiger partial charge in [0.15, 0.2) is 0 Å². The highest BCUT2D eigenvalue weighted by molar-refractivity contribution is 6.33. The molecule has 4 rings (SSSR count). The molecule has 3 aromatic rings. The summed E-state index contributed by atoms with van der Waals surface area (Å²) in [4.78, 5) is 12.1. The average Bonchev–Trinajstić information content (AvgIpc) is 3.24. The van der Waals surface area contributed by atoms with E-state index in [0.717, 1.165) is 11.1 Å². The normalized spacial score (nSPS) is 15.3. The molecular formula is C20H13ClN2O2. The van der Waals surface area contributed by atoms with Crippen molar-refractivity contribution in [3.05, 3.63) is 88.6 Å². The van der Waals surface area contributed by atoms with E-state index >= 15 is 0 Å². The van der Waals surface area contributed by atoms with E-state index < -0.39 is 0 Å². The van der Waals surface area contributed by atoms with Crippen molar-refractivity contribution < 1.29 is 9.21 Å². The number of hydrogen-bond acceptors (Lipinski definition) is 3. The van der Waals surface area contributed by atoms with Crippen molar-refractivity contribution in [2.24, 2.45) is 5.10 Å². The summed E-state index contributed by atoms with van der Waals surface area (Å²) < 4.78 is 5.85. The first kappa shape index (κ1) is 15.4. The van der Waals surface area contributed by atoms with Gasteiger partial charge in [-0.3, -0.25) is 4.79 Å². The van der Waals surface area contributed by atoms with Gasteiger partial charge in [-0.1, -0.05) is 41.9 Å². The van der Waals surface area contributed by atoms with Gasteiger partial charge in [0.25, 0.3) is 5.91 Å². The molecule has 0 aliphatic carbocycles. The highest BCUT2D eigenvalue weighted by Crippen LogP contribution is 2.26. The summed E-state index contributed by atoms with van der Waals surface area (Å²) in [6.07, 6.45) is 1.70. The molecule has 0 saturated heterocycles. The van der Waals surface area contributed by atoms with Crippen LogP contribution >= 0.6 is 11.6 Å². The van der Waals surface area contributed by atoms with Crippen LogP contribution in [-0.4, -0.2) is 11.6 Å². The lowest BCUT2D eigenvalue weighted by molar-refractivity contribution is -0.116. The maximum atomic E-state index is 12.1. The van der Waals surface area contributed by atoms with Gasteiger partial charge in [0, 0.05) is 16.1 Å². The molecule has 0 unspecified atom stereocenters. The molecule has 2 aromatic carbocycles. The number of carbonyl (C=O) groups is 1. The first-order chi connectivity index (χ1) is 12.2. The Labute approximate surface area is 149 Å². The predicted octanol–water partition coefficient (Wildman–Crippen LogP) is 4.52. The molecule has 1 aliphatic rings. The van der Waals surface area contributed by atoms with Crippen LogP contribution in [-0.2, 0) is 4.79 Å². The fourth-order valence-corrected chi connectivity index (χ4v) is 2.75. The molecule has 0 saturated carbocycles. The highest BCUT2D eigenvalue weighted by Gasteiger charge is 2.24. The van der Waals surface area contributed by atoms with E-state index in [9.17, 15) is 4.79 Å². The molecule has 1 aliphatic heterocycles. The van der Waals surface area contributed by atoms with Crippen LogP contribution in [0.3, 0.4) is 0 Å². The second-order valence-corrected chi connectivity index (χ2v) is 5.97. The topological polar surface area (TPSA) is 54.6 Å². The van der Waals surface area contributed by atoms with Crippen molar-refractivity contribution >= 4 is 29.3 Å². The third kappa shape index (κ3) is 3.12. The van der Waals surface area contributed by atoms with Crippen molar-refractivity contribution in [1.82, 2.24) is 5.43 Å². The molecule has 0 fully saturated rings. The summed E-state index contributed by atoms with van der Waals surface area (Å²) in [5.41, 5.74) is 5.38. The summed E-state index contributed by atoms with van der Waals surface area (Å²) in [6.45, 7) is 0. The standard InChI is InChI=1S/C20H13ClN2O2/c21-15-8-6-13(7-9-15)18-11-10-16(25-18)12-17-19(22-23-20(17)24)14-4-2-1-3-5-14/h1-12H,(H,23,24)/b17-12+. The molecule has 0 atom stereocenters. The van der Waals surface area contributed by atoms with Crippen molar-refractivity contribution in [3.8, 4) is 11.3 Å². The number of nitrogens with zero attached hydrogens (tertiary/aromatic N) is 1. The summed E-state index contributed by atoms with van der Waals surface area (Å²) >= 11 is 5.91. The zero-order valence-corrected chi connectivity index (χ0v) is 13.8. The molecule has 5 heteroatoms. The van der Waals surface area contributed by atoms with Crippen LogP contribution in [0.25, 0.3) is 17.4 Å². The Morgan fingerprint density at radius 2 is 1.68 bits per heavy atom. The molecule has 0 radical (unpaired) electrons. The molecule has 0 spiro atoms. The molecule has 0 bridgehead atoms. The highest BCUT2D eigenvalue weighted by atomic mass is 35.5. The van der Waals surface area contributed by atoms with Crippen LogP contribution in [0.15, 0.2) is 81.8 Å². The summed E-state index contributed by atoms with van der Waals surface area (Å²) in [7, 11) is 0. The van der Waals surface area contributed by atoms with Crippen molar-refractivity contribution in [2.45, 2.75) is 0 Å². The van der Waals surface area contributed by atoms with E-state index in [2.05, 4.69) is 10.5 Å². The minimum Gasteiger partial charge on any atom is -0.457 e. The molecule has 122 valence electrons. The van der Waals surface area contributed by atoms with Crippen molar-refractivity contribution in [1.29, 1.82) is 0 Å². The SMILES string of the molecule is O=C1NN=C(c2ccccc2)/C1=C\c1ccc(-c2ccc(Cl)cc2)o1. The zero-order valence-electron chi connectivity index (χ0n) is 13.1. The quantitative estimate of drug-likeness (QED) is 0.707. The molecule has 25 heavy (non-hydrogen) atoms. The van der Waals surface area contributed by atoms with Gasteiger partial charge in [-0.25, -0.2) is 5.43 Å². The van der Waals surface area contributed by atoms with E-state index in [4.69, 9.17) is 16.0 Å². The van der Waals surface area contributed by atoms with Gasteiger partial charge >= 0.3 is 0 Å². The average molecular weight is 349 g/mol. The molecule has 4 nitrogen and oxygen atoms in total. The summed E-state index contributed by atoms with van der Waals surface area (Å²) in [5, 5.41) is 4.80. The smallest absolute Gasteiger partial charge is 0.273 e. The minimum absolute atomic E-state index is 0.247. The van der Waals surface area contributed by atoms with Crippen LogP contribution < -0.4 is 5.43 Å². The lowest BCUT2D eigenvalue weighted by Crippen LogP contribution is -2.13. The largest absolute Gasteiger partial charge is 0.457 e. The van der Waals surface area contributed by atoms with Gasteiger partial charge in [-0.05, 0) is 42.5 Å². The lowest BCUT2D eigenvalue weighted by Gasteiger charge is -2.00.